The number of carbonyl (C=O) groups is 2. The lowest BCUT2D eigenvalue weighted by molar-refractivity contribution is -0.136. The number of nitrogens with one attached hydrogen (secondary N) is 2. The van der Waals surface area contributed by atoms with Gasteiger partial charge in [0.25, 0.3) is 0 Å². The zero-order chi connectivity index (χ0) is 13.5. The average molecular weight is 247 g/mol. The molecule has 0 unspecified atom stereocenters. The van der Waals surface area contributed by atoms with E-state index in [2.05, 4.69) is 15.8 Å². The summed E-state index contributed by atoms with van der Waals surface area (Å²) >= 11 is 0. The van der Waals surface area contributed by atoms with Crippen LogP contribution in [0.4, 0.5) is 5.69 Å². The molecule has 96 valence electrons. The Morgan fingerprint density at radius 1 is 1.28 bits per heavy atom. The van der Waals surface area contributed by atoms with E-state index in [1.807, 2.05) is 26.8 Å². The van der Waals surface area contributed by atoms with Crippen molar-refractivity contribution < 1.29 is 9.59 Å². The van der Waals surface area contributed by atoms with Crippen molar-refractivity contribution in [1.29, 1.82) is 0 Å². The quantitative estimate of drug-likeness (QED) is 0.485. The van der Waals surface area contributed by atoms with Crippen LogP contribution in [0.3, 0.4) is 0 Å². The van der Waals surface area contributed by atoms with E-state index in [4.69, 9.17) is 0 Å². The molecule has 1 aromatic rings. The van der Waals surface area contributed by atoms with E-state index in [1.165, 1.54) is 0 Å². The van der Waals surface area contributed by atoms with Gasteiger partial charge in [0.2, 0.25) is 0 Å². The van der Waals surface area contributed by atoms with Crippen molar-refractivity contribution in [3.63, 3.8) is 0 Å². The number of anilines is 1. The second-order valence-corrected chi connectivity index (χ2v) is 4.29. The summed E-state index contributed by atoms with van der Waals surface area (Å²) in [7, 11) is 0. The van der Waals surface area contributed by atoms with Crippen molar-refractivity contribution in [2.24, 2.45) is 11.0 Å². The predicted molar refractivity (Wildman–Crippen MR) is 71.3 cm³/mol. The summed E-state index contributed by atoms with van der Waals surface area (Å²) in [6.07, 6.45) is 1.55. The molecule has 0 aliphatic heterocycles. The summed E-state index contributed by atoms with van der Waals surface area (Å²) in [4.78, 5) is 22.9. The summed E-state index contributed by atoms with van der Waals surface area (Å²) in [6.45, 7) is 5.74. The Morgan fingerprint density at radius 3 is 2.61 bits per heavy atom. The van der Waals surface area contributed by atoms with Gasteiger partial charge in [-0.25, -0.2) is 5.43 Å². The van der Waals surface area contributed by atoms with Gasteiger partial charge in [0, 0.05) is 11.9 Å². The lowest BCUT2D eigenvalue weighted by atomic mass is 10.2. The molecule has 2 N–H and O–H groups in total. The zero-order valence-corrected chi connectivity index (χ0v) is 10.7. The number of nitrogens with zero attached hydrogens (tertiary/aromatic N) is 1. The fourth-order valence-electron chi connectivity index (χ4n) is 1.21. The summed E-state index contributed by atoms with van der Waals surface area (Å²) < 4.78 is 0. The Labute approximate surface area is 106 Å². The minimum Gasteiger partial charge on any atom is -0.318 e. The van der Waals surface area contributed by atoms with Gasteiger partial charge in [0.15, 0.2) is 0 Å². The van der Waals surface area contributed by atoms with Crippen LogP contribution in [0.2, 0.25) is 0 Å². The first-order valence-electron chi connectivity index (χ1n) is 5.70. The predicted octanol–water partition coefficient (Wildman–Crippen LogP) is 1.69. The molecule has 0 saturated carbocycles. The van der Waals surface area contributed by atoms with Crippen LogP contribution < -0.4 is 10.7 Å². The van der Waals surface area contributed by atoms with Crippen LogP contribution in [0.1, 0.15) is 19.4 Å². The average Bonchev–Trinajstić information content (AvgIpc) is 2.28. The van der Waals surface area contributed by atoms with Crippen molar-refractivity contribution in [1.82, 2.24) is 5.43 Å². The molecule has 0 atom stereocenters. The van der Waals surface area contributed by atoms with E-state index in [1.54, 1.807) is 24.4 Å². The number of hydrogen-bond acceptors (Lipinski definition) is 3. The number of carbonyl (C=O) groups excluding carboxylic acids is 2. The summed E-state index contributed by atoms with van der Waals surface area (Å²) in [5.41, 5.74) is 3.76. The number of amides is 2. The highest BCUT2D eigenvalue weighted by Gasteiger charge is 2.12. The van der Waals surface area contributed by atoms with Crippen LogP contribution in [0.25, 0.3) is 0 Å². The van der Waals surface area contributed by atoms with Crippen molar-refractivity contribution in [3.05, 3.63) is 29.8 Å². The Bertz CT molecular complexity index is 467. The fourth-order valence-corrected chi connectivity index (χ4v) is 1.21. The summed E-state index contributed by atoms with van der Waals surface area (Å²) in [6, 6.07) is 7.21. The Hall–Kier alpha value is -2.17. The van der Waals surface area contributed by atoms with E-state index in [9.17, 15) is 9.59 Å². The lowest BCUT2D eigenvalue weighted by Gasteiger charge is -2.04. The smallest absolute Gasteiger partial charge is 0.318 e. The lowest BCUT2D eigenvalue weighted by Crippen LogP contribution is -2.32. The highest BCUT2D eigenvalue weighted by Crippen LogP contribution is 2.08. The van der Waals surface area contributed by atoms with Gasteiger partial charge in [0.1, 0.15) is 0 Å². The fraction of sp³-hybridized carbons (Fsp3) is 0.308. The topological polar surface area (TPSA) is 70.6 Å². The van der Waals surface area contributed by atoms with E-state index in [0.29, 0.717) is 5.69 Å². The molecule has 2 amide bonds. The van der Waals surface area contributed by atoms with Crippen LogP contribution in [-0.2, 0) is 9.59 Å². The minimum atomic E-state index is -0.784. The van der Waals surface area contributed by atoms with Crippen LogP contribution in [0.5, 0.6) is 0 Å². The van der Waals surface area contributed by atoms with Gasteiger partial charge in [-0.1, -0.05) is 26.0 Å². The van der Waals surface area contributed by atoms with Gasteiger partial charge in [-0.05, 0) is 30.5 Å². The molecule has 0 radical (unpaired) electrons. The molecule has 0 heterocycles. The van der Waals surface area contributed by atoms with Gasteiger partial charge in [0.05, 0.1) is 0 Å². The second kappa shape index (κ2) is 6.54. The van der Waals surface area contributed by atoms with Gasteiger partial charge in [-0.2, -0.15) is 5.10 Å². The summed E-state index contributed by atoms with van der Waals surface area (Å²) in [5, 5.41) is 6.16. The van der Waals surface area contributed by atoms with Crippen LogP contribution in [0.15, 0.2) is 29.4 Å². The number of hydrazone groups is 1. The van der Waals surface area contributed by atoms with Crippen LogP contribution >= 0.6 is 0 Å². The molecule has 1 rings (SSSR count). The molecular formula is C13H17N3O2. The molecular weight excluding hydrogens is 230 g/mol. The molecule has 0 aliphatic rings. The van der Waals surface area contributed by atoms with E-state index < -0.39 is 11.8 Å². The van der Waals surface area contributed by atoms with E-state index >= 15 is 0 Å². The molecule has 0 bridgehead atoms. The Balaban J connectivity index is 2.53. The SMILES string of the molecule is Cc1cccc(NC(=O)C(=O)NN=CC(C)C)c1. The Morgan fingerprint density at radius 2 is 2.00 bits per heavy atom. The highest BCUT2D eigenvalue weighted by atomic mass is 16.2. The third kappa shape index (κ3) is 4.78. The molecule has 0 saturated heterocycles. The first kappa shape index (κ1) is 13.9. The molecule has 5 heteroatoms. The third-order valence-corrected chi connectivity index (χ3v) is 2.02. The van der Waals surface area contributed by atoms with Crippen molar-refractivity contribution in [3.8, 4) is 0 Å². The highest BCUT2D eigenvalue weighted by molar-refractivity contribution is 6.39. The number of rotatable bonds is 3. The van der Waals surface area contributed by atoms with Gasteiger partial charge < -0.3 is 5.32 Å². The van der Waals surface area contributed by atoms with E-state index in [0.717, 1.165) is 5.56 Å². The second-order valence-electron chi connectivity index (χ2n) is 4.29. The maximum Gasteiger partial charge on any atom is 0.329 e. The first-order chi connectivity index (χ1) is 8.49. The number of aryl methyl sites for hydroxylation is 1. The minimum absolute atomic E-state index is 0.213. The number of hydrogen-bond donors (Lipinski definition) is 2. The Kier molecular flexibility index (Phi) is 5.05. The molecule has 5 nitrogen and oxygen atoms in total. The first-order valence-corrected chi connectivity index (χ1v) is 5.70. The summed E-state index contributed by atoms with van der Waals surface area (Å²) in [5.74, 6) is -1.31. The van der Waals surface area contributed by atoms with Gasteiger partial charge in [-0.15, -0.1) is 0 Å². The van der Waals surface area contributed by atoms with Crippen molar-refractivity contribution >= 4 is 23.7 Å². The third-order valence-electron chi connectivity index (χ3n) is 2.02. The zero-order valence-electron chi connectivity index (χ0n) is 10.7. The normalized spacial score (nSPS) is 10.7. The van der Waals surface area contributed by atoms with Crippen molar-refractivity contribution in [2.45, 2.75) is 20.8 Å². The molecule has 0 aliphatic carbocycles. The largest absolute Gasteiger partial charge is 0.329 e. The van der Waals surface area contributed by atoms with Gasteiger partial charge in [-0.3, -0.25) is 9.59 Å². The van der Waals surface area contributed by atoms with E-state index in [-0.39, 0.29) is 5.92 Å². The number of benzene rings is 1. The van der Waals surface area contributed by atoms with Gasteiger partial charge >= 0.3 is 11.8 Å². The molecule has 1 aromatic carbocycles. The molecule has 0 fully saturated rings. The van der Waals surface area contributed by atoms with Crippen LogP contribution in [-0.4, -0.2) is 18.0 Å². The maximum absolute atomic E-state index is 11.5. The molecule has 0 aromatic heterocycles. The maximum atomic E-state index is 11.5. The monoisotopic (exact) mass is 247 g/mol. The molecule has 18 heavy (non-hydrogen) atoms. The standard InChI is InChI=1S/C13H17N3O2/c1-9(2)8-14-16-13(18)12(17)15-11-6-4-5-10(3)7-11/h4-9H,1-3H3,(H,15,17)(H,16,18). The molecule has 0 spiro atoms. The van der Waals surface area contributed by atoms with Crippen molar-refractivity contribution in [2.75, 3.05) is 5.32 Å². The van der Waals surface area contributed by atoms with Crippen LogP contribution in [0, 0.1) is 12.8 Å².